The quantitative estimate of drug-likeness (QED) is 0.476. The van der Waals surface area contributed by atoms with Gasteiger partial charge in [0.1, 0.15) is 5.82 Å². The minimum atomic E-state index is 0.188. The van der Waals surface area contributed by atoms with E-state index in [0.29, 0.717) is 24.8 Å². The number of nitrogens with one attached hydrogen (secondary N) is 3. The lowest BCUT2D eigenvalue weighted by atomic mass is 9.85. The maximum Gasteiger partial charge on any atom is 0.229 e. The molecule has 0 atom stereocenters. The summed E-state index contributed by atoms with van der Waals surface area (Å²) in [5.41, 5.74) is 2.98. The number of nitrogens with zero attached hydrogens (tertiary/aromatic N) is 3. The van der Waals surface area contributed by atoms with E-state index in [0.717, 1.165) is 56.0 Å². The largest absolute Gasteiger partial charge is 0.370 e. The van der Waals surface area contributed by atoms with E-state index in [9.17, 15) is 9.59 Å². The molecular formula is C25H32N6O2. The number of rotatable bonds is 10. The van der Waals surface area contributed by atoms with E-state index >= 15 is 0 Å². The molecule has 2 aromatic rings. The normalized spacial score (nSPS) is 18.2. The Morgan fingerprint density at radius 2 is 1.88 bits per heavy atom. The molecule has 2 amide bonds. The number of aromatic nitrogens is 2. The molecule has 2 aliphatic carbocycles. The maximum atomic E-state index is 12.0. The van der Waals surface area contributed by atoms with Crippen LogP contribution in [-0.2, 0) is 9.59 Å². The zero-order valence-corrected chi connectivity index (χ0v) is 19.0. The van der Waals surface area contributed by atoms with E-state index in [1.807, 2.05) is 35.4 Å². The molecule has 1 aromatic carbocycles. The Labute approximate surface area is 194 Å². The molecule has 8 nitrogen and oxygen atoms in total. The second-order valence-corrected chi connectivity index (χ2v) is 9.29. The predicted octanol–water partition coefficient (Wildman–Crippen LogP) is 3.94. The van der Waals surface area contributed by atoms with Crippen LogP contribution in [0.3, 0.4) is 0 Å². The van der Waals surface area contributed by atoms with Crippen LogP contribution in [0.1, 0.15) is 62.8 Å². The molecule has 8 heteroatoms. The van der Waals surface area contributed by atoms with Crippen LogP contribution in [-0.4, -0.2) is 41.4 Å². The van der Waals surface area contributed by atoms with Crippen molar-refractivity contribution < 1.29 is 9.59 Å². The van der Waals surface area contributed by atoms with Gasteiger partial charge in [0, 0.05) is 55.1 Å². The van der Waals surface area contributed by atoms with Crippen molar-refractivity contribution in [2.24, 2.45) is 5.92 Å². The first kappa shape index (κ1) is 21.7. The highest BCUT2D eigenvalue weighted by Crippen LogP contribution is 2.42. The lowest BCUT2D eigenvalue weighted by molar-refractivity contribution is -0.127. The zero-order chi connectivity index (χ0) is 22.6. The number of hydrogen-bond acceptors (Lipinski definition) is 6. The summed E-state index contributed by atoms with van der Waals surface area (Å²) >= 11 is 0. The number of carbonyl (C=O) groups is 2. The Morgan fingerprint density at radius 1 is 1.06 bits per heavy atom. The van der Waals surface area contributed by atoms with E-state index in [1.165, 1.54) is 24.8 Å². The molecule has 0 radical (unpaired) electrons. The number of hydrogen-bond donors (Lipinski definition) is 3. The highest BCUT2D eigenvalue weighted by Gasteiger charge is 2.28. The number of benzene rings is 1. The standard InChI is InChI=1S/C25H32N6O2/c32-22-6-2-15-31(22)20-11-9-19(10-12-20)29-25-28-16-21(17-7-8-17)23(30-25)26-13-3-14-27-24(33)18-4-1-5-18/h9-12,16-18H,1-8,13-15H2,(H,27,33)(H2,26,28,29,30). The summed E-state index contributed by atoms with van der Waals surface area (Å²) in [7, 11) is 0. The Hall–Kier alpha value is -3.16. The van der Waals surface area contributed by atoms with Crippen LogP contribution in [0.25, 0.3) is 0 Å². The van der Waals surface area contributed by atoms with Crippen LogP contribution in [0.4, 0.5) is 23.1 Å². The third-order valence-electron chi connectivity index (χ3n) is 6.76. The molecule has 2 heterocycles. The smallest absolute Gasteiger partial charge is 0.229 e. The summed E-state index contributed by atoms with van der Waals surface area (Å²) in [4.78, 5) is 35.0. The molecule has 5 rings (SSSR count). The molecular weight excluding hydrogens is 416 g/mol. The van der Waals surface area contributed by atoms with E-state index < -0.39 is 0 Å². The van der Waals surface area contributed by atoms with Gasteiger partial charge in [-0.1, -0.05) is 6.42 Å². The van der Waals surface area contributed by atoms with Crippen molar-refractivity contribution in [2.75, 3.05) is 35.2 Å². The second kappa shape index (κ2) is 9.77. The molecule has 0 bridgehead atoms. The Balaban J connectivity index is 1.17. The Bertz CT molecular complexity index is 1000. The van der Waals surface area contributed by atoms with Gasteiger partial charge in [-0.05, 0) is 68.7 Å². The van der Waals surface area contributed by atoms with Crippen molar-refractivity contribution in [1.82, 2.24) is 15.3 Å². The van der Waals surface area contributed by atoms with Crippen LogP contribution in [0, 0.1) is 5.92 Å². The first-order valence-corrected chi connectivity index (χ1v) is 12.2. The third-order valence-corrected chi connectivity index (χ3v) is 6.76. The second-order valence-electron chi connectivity index (χ2n) is 9.29. The molecule has 174 valence electrons. The minimum Gasteiger partial charge on any atom is -0.370 e. The average Bonchev–Trinajstić information content (AvgIpc) is 3.53. The fourth-order valence-electron chi connectivity index (χ4n) is 4.38. The van der Waals surface area contributed by atoms with Crippen LogP contribution in [0.5, 0.6) is 0 Å². The summed E-state index contributed by atoms with van der Waals surface area (Å²) in [6.07, 6.45) is 9.92. The minimum absolute atomic E-state index is 0.188. The monoisotopic (exact) mass is 448 g/mol. The Kier molecular flexibility index (Phi) is 6.41. The third kappa shape index (κ3) is 5.26. The van der Waals surface area contributed by atoms with Crippen molar-refractivity contribution in [3.8, 4) is 0 Å². The number of carbonyl (C=O) groups excluding carboxylic acids is 2. The van der Waals surface area contributed by atoms with Crippen molar-refractivity contribution in [1.29, 1.82) is 0 Å². The average molecular weight is 449 g/mol. The van der Waals surface area contributed by atoms with Gasteiger partial charge in [0.2, 0.25) is 17.8 Å². The fourth-order valence-corrected chi connectivity index (χ4v) is 4.38. The van der Waals surface area contributed by atoms with E-state index in [2.05, 4.69) is 20.9 Å². The first-order valence-electron chi connectivity index (χ1n) is 12.2. The van der Waals surface area contributed by atoms with Crippen LogP contribution in [0.15, 0.2) is 30.5 Å². The van der Waals surface area contributed by atoms with E-state index in [-0.39, 0.29) is 17.7 Å². The molecule has 1 aliphatic heterocycles. The molecule has 33 heavy (non-hydrogen) atoms. The molecule has 0 spiro atoms. The van der Waals surface area contributed by atoms with E-state index in [1.54, 1.807) is 0 Å². The van der Waals surface area contributed by atoms with Crippen LogP contribution < -0.4 is 20.9 Å². The van der Waals surface area contributed by atoms with E-state index in [4.69, 9.17) is 4.98 Å². The molecule has 1 saturated heterocycles. The van der Waals surface area contributed by atoms with Gasteiger partial charge < -0.3 is 20.9 Å². The van der Waals surface area contributed by atoms with Crippen molar-refractivity contribution in [2.45, 2.75) is 57.3 Å². The fraction of sp³-hybridized carbons (Fsp3) is 0.520. The molecule has 2 saturated carbocycles. The topological polar surface area (TPSA) is 99.2 Å². The van der Waals surface area contributed by atoms with Crippen molar-refractivity contribution in [3.63, 3.8) is 0 Å². The zero-order valence-electron chi connectivity index (χ0n) is 19.0. The number of anilines is 4. The van der Waals surface area contributed by atoms with Gasteiger partial charge in [-0.25, -0.2) is 4.98 Å². The first-order chi connectivity index (χ1) is 16.2. The predicted molar refractivity (Wildman–Crippen MR) is 129 cm³/mol. The number of amides is 2. The van der Waals surface area contributed by atoms with Crippen molar-refractivity contribution >= 4 is 35.0 Å². The van der Waals surface area contributed by atoms with Gasteiger partial charge in [0.25, 0.3) is 0 Å². The van der Waals surface area contributed by atoms with Gasteiger partial charge in [0.05, 0.1) is 0 Å². The van der Waals surface area contributed by atoms with Crippen LogP contribution in [0.2, 0.25) is 0 Å². The maximum absolute atomic E-state index is 12.0. The molecule has 3 aliphatic rings. The van der Waals surface area contributed by atoms with Gasteiger partial charge >= 0.3 is 0 Å². The molecule has 3 fully saturated rings. The summed E-state index contributed by atoms with van der Waals surface area (Å²) in [6, 6.07) is 7.83. The van der Waals surface area contributed by atoms with Gasteiger partial charge in [0.15, 0.2) is 0 Å². The van der Waals surface area contributed by atoms with Gasteiger partial charge in [-0.2, -0.15) is 4.98 Å². The molecule has 0 unspecified atom stereocenters. The van der Waals surface area contributed by atoms with Gasteiger partial charge in [-0.15, -0.1) is 0 Å². The SMILES string of the molecule is O=C(NCCCNc1nc(Nc2ccc(N3CCCC3=O)cc2)ncc1C1CC1)C1CCC1. The highest BCUT2D eigenvalue weighted by molar-refractivity contribution is 5.95. The highest BCUT2D eigenvalue weighted by atomic mass is 16.2. The summed E-state index contributed by atoms with van der Waals surface area (Å²) < 4.78 is 0. The van der Waals surface area contributed by atoms with Gasteiger partial charge in [-0.3, -0.25) is 9.59 Å². The summed E-state index contributed by atoms with van der Waals surface area (Å²) in [6.45, 7) is 2.22. The summed E-state index contributed by atoms with van der Waals surface area (Å²) in [5, 5.41) is 9.78. The Morgan fingerprint density at radius 3 is 2.55 bits per heavy atom. The lowest BCUT2D eigenvalue weighted by Gasteiger charge is -2.24. The lowest BCUT2D eigenvalue weighted by Crippen LogP contribution is -2.35. The molecule has 1 aromatic heterocycles. The molecule has 3 N–H and O–H groups in total. The van der Waals surface area contributed by atoms with Crippen molar-refractivity contribution in [3.05, 3.63) is 36.0 Å². The summed E-state index contributed by atoms with van der Waals surface area (Å²) in [5.74, 6) is 2.59. The van der Waals surface area contributed by atoms with Crippen LogP contribution >= 0.6 is 0 Å².